The van der Waals surface area contributed by atoms with Gasteiger partial charge in [-0.25, -0.2) is 14.3 Å². The van der Waals surface area contributed by atoms with Crippen LogP contribution in [0.1, 0.15) is 13.3 Å². The second-order valence-electron chi connectivity index (χ2n) is 4.45. The molecule has 3 N–H and O–H groups in total. The minimum Gasteiger partial charge on any atom is -0.375 e. The number of morpholine rings is 1. The normalized spacial score (nSPS) is 20.4. The number of ether oxygens (including phenoxy) is 1. The van der Waals surface area contributed by atoms with Crippen LogP contribution in [-0.4, -0.2) is 43.4 Å². The standard InChI is InChI=1S/C10H16N4O5S2/c1-2-7-6-13(3-4-19-7)21(17,18)9-5-8(14(15)16)10(12-11)20-9/h5,7,12H,2-4,6,11H2,1H3. The molecule has 0 aromatic carbocycles. The van der Waals surface area contributed by atoms with Gasteiger partial charge in [-0.2, -0.15) is 4.31 Å². The van der Waals surface area contributed by atoms with E-state index < -0.39 is 14.9 Å². The zero-order valence-electron chi connectivity index (χ0n) is 11.3. The van der Waals surface area contributed by atoms with Crippen LogP contribution < -0.4 is 11.3 Å². The largest absolute Gasteiger partial charge is 0.375 e. The van der Waals surface area contributed by atoms with Gasteiger partial charge in [0.25, 0.3) is 10.0 Å². The number of anilines is 1. The Bertz CT molecular complexity index is 629. The second-order valence-corrected chi connectivity index (χ2v) is 7.66. The van der Waals surface area contributed by atoms with Crippen molar-refractivity contribution in [3.63, 3.8) is 0 Å². The molecule has 0 saturated carbocycles. The summed E-state index contributed by atoms with van der Waals surface area (Å²) in [6.07, 6.45) is 0.544. The summed E-state index contributed by atoms with van der Waals surface area (Å²) in [6, 6.07) is 1.03. The molecule has 118 valence electrons. The summed E-state index contributed by atoms with van der Waals surface area (Å²) in [4.78, 5) is 10.2. The first kappa shape index (κ1) is 16.1. The van der Waals surface area contributed by atoms with Crippen molar-refractivity contribution in [2.45, 2.75) is 23.7 Å². The summed E-state index contributed by atoms with van der Waals surface area (Å²) in [7, 11) is -3.78. The molecule has 1 aliphatic rings. The lowest BCUT2D eigenvalue weighted by atomic mass is 10.2. The Morgan fingerprint density at radius 3 is 2.90 bits per heavy atom. The van der Waals surface area contributed by atoms with Crippen LogP contribution in [0, 0.1) is 10.1 Å². The number of nitro groups is 1. The maximum atomic E-state index is 12.5. The first-order valence-electron chi connectivity index (χ1n) is 6.26. The number of hydrogen-bond donors (Lipinski definition) is 2. The molecule has 1 unspecified atom stereocenters. The summed E-state index contributed by atoms with van der Waals surface area (Å²) in [5.41, 5.74) is 1.82. The van der Waals surface area contributed by atoms with Gasteiger partial charge < -0.3 is 10.2 Å². The quantitative estimate of drug-likeness (QED) is 0.461. The van der Waals surface area contributed by atoms with E-state index in [4.69, 9.17) is 10.6 Å². The number of nitrogens with one attached hydrogen (secondary N) is 1. The third-order valence-corrected chi connectivity index (χ3v) is 6.54. The van der Waals surface area contributed by atoms with Gasteiger partial charge in [0.2, 0.25) is 0 Å². The molecule has 2 rings (SSSR count). The van der Waals surface area contributed by atoms with E-state index in [2.05, 4.69) is 5.43 Å². The van der Waals surface area contributed by atoms with E-state index in [9.17, 15) is 18.5 Å². The lowest BCUT2D eigenvalue weighted by Crippen LogP contribution is -2.45. The summed E-state index contributed by atoms with van der Waals surface area (Å²) < 4.78 is 31.7. The van der Waals surface area contributed by atoms with Gasteiger partial charge in [-0.1, -0.05) is 18.3 Å². The maximum Gasteiger partial charge on any atom is 0.306 e. The fraction of sp³-hybridized carbons (Fsp3) is 0.600. The Balaban J connectivity index is 2.33. The van der Waals surface area contributed by atoms with Crippen LogP contribution in [0.15, 0.2) is 10.3 Å². The van der Waals surface area contributed by atoms with Crippen molar-refractivity contribution in [3.8, 4) is 0 Å². The molecule has 1 atom stereocenters. The van der Waals surface area contributed by atoms with Crippen LogP contribution in [0.25, 0.3) is 0 Å². The van der Waals surface area contributed by atoms with Crippen molar-refractivity contribution < 1.29 is 18.1 Å². The topological polar surface area (TPSA) is 128 Å². The number of nitrogens with zero attached hydrogens (tertiary/aromatic N) is 2. The maximum absolute atomic E-state index is 12.5. The van der Waals surface area contributed by atoms with Gasteiger partial charge in [-0.05, 0) is 6.42 Å². The predicted molar refractivity (Wildman–Crippen MR) is 77.6 cm³/mol. The minimum atomic E-state index is -3.78. The van der Waals surface area contributed by atoms with Gasteiger partial charge in [0.1, 0.15) is 4.21 Å². The van der Waals surface area contributed by atoms with Crippen molar-refractivity contribution in [2.75, 3.05) is 25.1 Å². The molecule has 21 heavy (non-hydrogen) atoms. The molecule has 0 spiro atoms. The average molecular weight is 336 g/mol. The SMILES string of the molecule is CCC1CN(S(=O)(=O)c2cc([N+](=O)[O-])c(NN)s2)CCO1. The van der Waals surface area contributed by atoms with Gasteiger partial charge in [-0.15, -0.1) is 0 Å². The summed E-state index contributed by atoms with van der Waals surface area (Å²) in [5.74, 6) is 5.19. The third kappa shape index (κ3) is 3.16. The molecule has 1 aliphatic heterocycles. The zero-order chi connectivity index (χ0) is 15.6. The Hall–Kier alpha value is -1.27. The molecule has 11 heteroatoms. The molecule has 2 heterocycles. The van der Waals surface area contributed by atoms with Crippen LogP contribution in [0.5, 0.6) is 0 Å². The van der Waals surface area contributed by atoms with E-state index >= 15 is 0 Å². The van der Waals surface area contributed by atoms with Crippen molar-refractivity contribution in [2.24, 2.45) is 5.84 Å². The van der Waals surface area contributed by atoms with Crippen molar-refractivity contribution in [1.29, 1.82) is 0 Å². The van der Waals surface area contributed by atoms with Gasteiger partial charge >= 0.3 is 5.69 Å². The van der Waals surface area contributed by atoms with Crippen molar-refractivity contribution in [1.82, 2.24) is 4.31 Å². The molecule has 1 fully saturated rings. The number of nitrogens with two attached hydrogens (primary N) is 1. The van der Waals surface area contributed by atoms with Crippen molar-refractivity contribution >= 4 is 32.0 Å². The minimum absolute atomic E-state index is 0.0128. The van der Waals surface area contributed by atoms with Crippen LogP contribution in [0.2, 0.25) is 0 Å². The molecule has 0 amide bonds. The number of hydrazine groups is 1. The number of nitrogen functional groups attached to an aromatic ring is 1. The highest BCUT2D eigenvalue weighted by atomic mass is 32.2. The first-order valence-corrected chi connectivity index (χ1v) is 8.52. The molecular formula is C10H16N4O5S2. The lowest BCUT2D eigenvalue weighted by Gasteiger charge is -2.31. The highest BCUT2D eigenvalue weighted by Crippen LogP contribution is 2.37. The van der Waals surface area contributed by atoms with E-state index in [0.717, 1.165) is 17.4 Å². The van der Waals surface area contributed by atoms with E-state index in [-0.39, 0.29) is 34.1 Å². The summed E-state index contributed by atoms with van der Waals surface area (Å²) >= 11 is 0.749. The fourth-order valence-corrected chi connectivity index (χ4v) is 4.86. The summed E-state index contributed by atoms with van der Waals surface area (Å²) in [6.45, 7) is 2.70. The van der Waals surface area contributed by atoms with E-state index in [1.54, 1.807) is 0 Å². The Kier molecular flexibility index (Phi) is 4.78. The molecule has 0 bridgehead atoms. The highest BCUT2D eigenvalue weighted by molar-refractivity contribution is 7.91. The molecule has 0 aliphatic carbocycles. The van der Waals surface area contributed by atoms with Crippen molar-refractivity contribution in [3.05, 3.63) is 16.2 Å². The number of sulfonamides is 1. The fourth-order valence-electron chi connectivity index (χ4n) is 2.01. The first-order chi connectivity index (χ1) is 9.90. The van der Waals surface area contributed by atoms with E-state index in [1.165, 1.54) is 4.31 Å². The van der Waals surface area contributed by atoms with Gasteiger partial charge in [0.15, 0.2) is 5.00 Å². The molecule has 1 saturated heterocycles. The number of rotatable bonds is 5. The van der Waals surface area contributed by atoms with Crippen LogP contribution in [-0.2, 0) is 14.8 Å². The Morgan fingerprint density at radius 1 is 1.67 bits per heavy atom. The highest BCUT2D eigenvalue weighted by Gasteiger charge is 2.34. The molecule has 0 radical (unpaired) electrons. The van der Waals surface area contributed by atoms with Gasteiger partial charge in [-0.3, -0.25) is 10.1 Å². The Morgan fingerprint density at radius 2 is 2.38 bits per heavy atom. The van der Waals surface area contributed by atoms with Crippen LogP contribution in [0.3, 0.4) is 0 Å². The molecule has 9 nitrogen and oxygen atoms in total. The second kappa shape index (κ2) is 6.23. The smallest absolute Gasteiger partial charge is 0.306 e. The summed E-state index contributed by atoms with van der Waals surface area (Å²) in [5, 5.41) is 10.9. The molecular weight excluding hydrogens is 320 g/mol. The molecule has 1 aromatic heterocycles. The van der Waals surface area contributed by atoms with Crippen LogP contribution >= 0.6 is 11.3 Å². The van der Waals surface area contributed by atoms with E-state index in [0.29, 0.717) is 13.0 Å². The van der Waals surface area contributed by atoms with E-state index in [1.807, 2.05) is 6.92 Å². The number of thiophene rings is 1. The monoisotopic (exact) mass is 336 g/mol. The third-order valence-electron chi connectivity index (χ3n) is 3.17. The molecule has 1 aromatic rings. The lowest BCUT2D eigenvalue weighted by molar-refractivity contribution is -0.383. The number of hydrogen-bond acceptors (Lipinski definition) is 8. The van der Waals surface area contributed by atoms with Gasteiger partial charge in [0.05, 0.1) is 17.6 Å². The zero-order valence-corrected chi connectivity index (χ0v) is 12.9. The van der Waals surface area contributed by atoms with Crippen LogP contribution in [0.4, 0.5) is 10.7 Å². The average Bonchev–Trinajstić information content (AvgIpc) is 2.92. The Labute approximate surface area is 125 Å². The van der Waals surface area contributed by atoms with Gasteiger partial charge in [0, 0.05) is 19.2 Å². The predicted octanol–water partition coefficient (Wildman–Crippen LogP) is 0.741.